The van der Waals surface area contributed by atoms with Crippen LogP contribution >= 0.6 is 15.9 Å². The molecule has 2 saturated heterocycles. The molecule has 0 atom stereocenters. The van der Waals surface area contributed by atoms with Gasteiger partial charge < -0.3 is 30.1 Å². The molecular formula is C26H38BrN7O2. The van der Waals surface area contributed by atoms with Gasteiger partial charge in [-0.2, -0.15) is 4.98 Å². The number of hydrogen-bond donors (Lipinski definition) is 2. The highest BCUT2D eigenvalue weighted by atomic mass is 79.9. The normalized spacial score (nSPS) is 17.4. The summed E-state index contributed by atoms with van der Waals surface area (Å²) in [6.07, 6.45) is 3.48. The molecule has 2 N–H and O–H groups in total. The molecule has 0 saturated carbocycles. The molecule has 0 aliphatic carbocycles. The first kappa shape index (κ1) is 26.6. The van der Waals surface area contributed by atoms with E-state index in [0.717, 1.165) is 61.5 Å². The van der Waals surface area contributed by atoms with Crippen LogP contribution in [0.2, 0.25) is 0 Å². The van der Waals surface area contributed by atoms with Gasteiger partial charge in [0, 0.05) is 70.0 Å². The van der Waals surface area contributed by atoms with Crippen LogP contribution in [-0.4, -0.2) is 91.7 Å². The Morgan fingerprint density at radius 1 is 1.17 bits per heavy atom. The lowest BCUT2D eigenvalue weighted by molar-refractivity contribution is -0.133. The van der Waals surface area contributed by atoms with Gasteiger partial charge in [0.1, 0.15) is 12.4 Å². The molecule has 196 valence electrons. The summed E-state index contributed by atoms with van der Waals surface area (Å²) >= 11 is 3.55. The molecule has 2 fully saturated rings. The average Bonchev–Trinajstić information content (AvgIpc) is 3.08. The lowest BCUT2D eigenvalue weighted by atomic mass is 9.99. The lowest BCUT2D eigenvalue weighted by Crippen LogP contribution is -2.44. The van der Waals surface area contributed by atoms with Gasteiger partial charge in [0.25, 0.3) is 0 Å². The van der Waals surface area contributed by atoms with Crippen molar-refractivity contribution in [2.24, 2.45) is 0 Å². The van der Waals surface area contributed by atoms with Crippen molar-refractivity contribution in [2.75, 3.05) is 81.6 Å². The third-order valence-electron chi connectivity index (χ3n) is 6.71. The zero-order chi connectivity index (χ0) is 25.5. The molecule has 1 aromatic heterocycles. The molecule has 1 amide bonds. The zero-order valence-corrected chi connectivity index (χ0v) is 23.2. The maximum absolute atomic E-state index is 12.1. The number of carbonyl (C=O) groups is 1. The van der Waals surface area contributed by atoms with Crippen molar-refractivity contribution in [2.45, 2.75) is 32.6 Å². The quantitative estimate of drug-likeness (QED) is 0.447. The third-order valence-corrected chi connectivity index (χ3v) is 7.29. The Morgan fingerprint density at radius 2 is 1.97 bits per heavy atom. The number of benzene rings is 1. The molecule has 3 heterocycles. The molecule has 0 spiro atoms. The predicted molar refractivity (Wildman–Crippen MR) is 148 cm³/mol. The Hall–Kier alpha value is -2.43. The van der Waals surface area contributed by atoms with Crippen molar-refractivity contribution < 1.29 is 9.53 Å². The van der Waals surface area contributed by atoms with Crippen LogP contribution in [0.3, 0.4) is 0 Å². The van der Waals surface area contributed by atoms with Gasteiger partial charge in [-0.3, -0.25) is 4.79 Å². The maximum atomic E-state index is 12.1. The van der Waals surface area contributed by atoms with Crippen LogP contribution in [0.25, 0.3) is 0 Å². The number of rotatable bonds is 9. The Morgan fingerprint density at radius 3 is 2.75 bits per heavy atom. The number of ether oxygens (including phenoxy) is 1. The van der Waals surface area contributed by atoms with Gasteiger partial charge in [-0.15, -0.1) is 0 Å². The average molecular weight is 561 g/mol. The van der Waals surface area contributed by atoms with Crippen molar-refractivity contribution in [3.63, 3.8) is 0 Å². The fourth-order valence-electron chi connectivity index (χ4n) is 4.52. The number of anilines is 4. The summed E-state index contributed by atoms with van der Waals surface area (Å²) in [5.41, 5.74) is 3.54. The second kappa shape index (κ2) is 12.7. The number of likely N-dealkylation sites (N-methyl/N-ethyl adjacent to an activating group) is 1. The van der Waals surface area contributed by atoms with Gasteiger partial charge in [0.15, 0.2) is 0 Å². The van der Waals surface area contributed by atoms with E-state index in [1.165, 1.54) is 11.3 Å². The standard InChI is InChI=1S/C26H38BrN7O2/c1-19(2)21-16-20(33-13-11-32(3)12-14-33)6-7-23(21)30-26-29-17-22(27)25(31-26)28-8-4-9-34-10-5-15-36-18-24(34)35/h6-7,16-17,19H,4-5,8-15,18H2,1-3H3,(H2,28,29,30,31). The molecule has 10 heteroatoms. The van der Waals surface area contributed by atoms with Crippen LogP contribution in [-0.2, 0) is 9.53 Å². The summed E-state index contributed by atoms with van der Waals surface area (Å²) < 4.78 is 6.12. The molecule has 0 radical (unpaired) electrons. The van der Waals surface area contributed by atoms with Crippen LogP contribution in [0.1, 0.15) is 38.2 Å². The second-order valence-corrected chi connectivity index (χ2v) is 10.7. The summed E-state index contributed by atoms with van der Waals surface area (Å²) in [4.78, 5) is 28.0. The van der Waals surface area contributed by atoms with Crippen molar-refractivity contribution in [1.82, 2.24) is 19.8 Å². The van der Waals surface area contributed by atoms with E-state index in [1.807, 2.05) is 4.90 Å². The smallest absolute Gasteiger partial charge is 0.248 e. The summed E-state index contributed by atoms with van der Waals surface area (Å²) in [7, 11) is 2.18. The number of hydrogen-bond acceptors (Lipinski definition) is 8. The number of piperazine rings is 1. The monoisotopic (exact) mass is 559 g/mol. The van der Waals surface area contributed by atoms with Crippen LogP contribution < -0.4 is 15.5 Å². The number of nitrogens with zero attached hydrogens (tertiary/aromatic N) is 5. The second-order valence-electron chi connectivity index (χ2n) is 9.80. The predicted octanol–water partition coefficient (Wildman–Crippen LogP) is 3.91. The highest BCUT2D eigenvalue weighted by Crippen LogP contribution is 2.32. The zero-order valence-electron chi connectivity index (χ0n) is 21.6. The lowest BCUT2D eigenvalue weighted by Gasteiger charge is -2.34. The minimum atomic E-state index is 0.0711. The van der Waals surface area contributed by atoms with Crippen LogP contribution in [0.15, 0.2) is 28.9 Å². The molecular weight excluding hydrogens is 522 g/mol. The van der Waals surface area contributed by atoms with Gasteiger partial charge in [0.05, 0.1) is 4.47 Å². The molecule has 2 aliphatic rings. The molecule has 0 unspecified atom stereocenters. The van der Waals surface area contributed by atoms with E-state index in [0.29, 0.717) is 31.6 Å². The highest BCUT2D eigenvalue weighted by Gasteiger charge is 2.18. The van der Waals surface area contributed by atoms with Crippen LogP contribution in [0.5, 0.6) is 0 Å². The fraction of sp³-hybridized carbons (Fsp3) is 0.577. The summed E-state index contributed by atoms with van der Waals surface area (Å²) in [6.45, 7) is 11.7. The van der Waals surface area contributed by atoms with Crippen LogP contribution in [0, 0.1) is 0 Å². The van der Waals surface area contributed by atoms with Gasteiger partial charge >= 0.3 is 0 Å². The summed E-state index contributed by atoms with van der Waals surface area (Å²) in [5.74, 6) is 1.72. The number of carbonyl (C=O) groups excluding carboxylic acids is 1. The molecule has 2 aliphatic heterocycles. The minimum absolute atomic E-state index is 0.0711. The minimum Gasteiger partial charge on any atom is -0.372 e. The third kappa shape index (κ3) is 7.08. The number of halogens is 1. The molecule has 9 nitrogen and oxygen atoms in total. The van der Waals surface area contributed by atoms with Gasteiger partial charge in [-0.1, -0.05) is 13.8 Å². The highest BCUT2D eigenvalue weighted by molar-refractivity contribution is 9.10. The molecule has 0 bridgehead atoms. The Balaban J connectivity index is 1.38. The van der Waals surface area contributed by atoms with Crippen molar-refractivity contribution in [3.05, 3.63) is 34.4 Å². The van der Waals surface area contributed by atoms with Crippen LogP contribution in [0.4, 0.5) is 23.1 Å². The largest absolute Gasteiger partial charge is 0.372 e. The van der Waals surface area contributed by atoms with E-state index < -0.39 is 0 Å². The first-order valence-electron chi connectivity index (χ1n) is 12.9. The number of amides is 1. The van der Waals surface area contributed by atoms with Crippen molar-refractivity contribution >= 4 is 45.0 Å². The van der Waals surface area contributed by atoms with E-state index in [4.69, 9.17) is 9.72 Å². The van der Waals surface area contributed by atoms with E-state index in [2.05, 4.69) is 80.4 Å². The topological polar surface area (TPSA) is 85.9 Å². The van der Waals surface area contributed by atoms with Gasteiger partial charge in [-0.25, -0.2) is 4.98 Å². The number of aromatic nitrogens is 2. The SMILES string of the molecule is CC(C)c1cc(N2CCN(C)CC2)ccc1Nc1ncc(Br)c(NCCCN2CCCOCC2=O)n1. The van der Waals surface area contributed by atoms with E-state index in [9.17, 15) is 4.79 Å². The van der Waals surface area contributed by atoms with Crippen molar-refractivity contribution in [3.8, 4) is 0 Å². The fourth-order valence-corrected chi connectivity index (χ4v) is 4.85. The molecule has 2 aromatic rings. The van der Waals surface area contributed by atoms with E-state index >= 15 is 0 Å². The first-order chi connectivity index (χ1) is 17.4. The van der Waals surface area contributed by atoms with E-state index in [1.54, 1.807) is 6.20 Å². The Bertz CT molecular complexity index is 1030. The molecule has 4 rings (SSSR count). The summed E-state index contributed by atoms with van der Waals surface area (Å²) in [6, 6.07) is 6.63. The Labute approximate surface area is 222 Å². The van der Waals surface area contributed by atoms with Crippen molar-refractivity contribution in [1.29, 1.82) is 0 Å². The Kier molecular flexibility index (Phi) is 9.39. The molecule has 1 aromatic carbocycles. The van der Waals surface area contributed by atoms with E-state index in [-0.39, 0.29) is 12.5 Å². The van der Waals surface area contributed by atoms with Gasteiger partial charge in [-0.05, 0) is 65.5 Å². The number of nitrogens with one attached hydrogen (secondary N) is 2. The maximum Gasteiger partial charge on any atom is 0.248 e. The molecule has 36 heavy (non-hydrogen) atoms. The first-order valence-corrected chi connectivity index (χ1v) is 13.7. The summed E-state index contributed by atoms with van der Waals surface area (Å²) in [5, 5.41) is 6.82. The van der Waals surface area contributed by atoms with Gasteiger partial charge in [0.2, 0.25) is 11.9 Å².